The van der Waals surface area contributed by atoms with E-state index in [0.29, 0.717) is 18.8 Å². The van der Waals surface area contributed by atoms with E-state index in [1.54, 1.807) is 0 Å². The fourth-order valence-electron chi connectivity index (χ4n) is 1.39. The molecule has 0 aliphatic heterocycles. The minimum absolute atomic E-state index is 0.0193. The molecule has 3 N–H and O–H groups in total. The predicted molar refractivity (Wildman–Crippen MR) is 80.6 cm³/mol. The van der Waals surface area contributed by atoms with Gasteiger partial charge in [0.1, 0.15) is 5.75 Å². The maximum absolute atomic E-state index is 11.7. The molecule has 0 atom stereocenters. The van der Waals surface area contributed by atoms with Gasteiger partial charge in [-0.15, -0.1) is 0 Å². The summed E-state index contributed by atoms with van der Waals surface area (Å²) in [6.45, 7) is 5.24. The Balaban J connectivity index is 2.36. The number of nitrogens with zero attached hydrogens (tertiary/aromatic N) is 1. The Morgan fingerprint density at radius 1 is 1.30 bits per heavy atom. The molecule has 1 aromatic rings. The van der Waals surface area contributed by atoms with E-state index in [-0.39, 0.29) is 18.1 Å². The zero-order chi connectivity index (χ0) is 15.2. The molecule has 1 rings (SSSR count). The molecule has 0 spiro atoms. The van der Waals surface area contributed by atoms with Crippen molar-refractivity contribution < 1.29 is 9.53 Å². The van der Waals surface area contributed by atoms with Gasteiger partial charge in [-0.1, -0.05) is 12.1 Å². The molecule has 0 bridgehead atoms. The first-order valence-electron chi connectivity index (χ1n) is 6.71. The number of ether oxygens (including phenoxy) is 1. The molecule has 20 heavy (non-hydrogen) atoms. The van der Waals surface area contributed by atoms with E-state index in [0.717, 1.165) is 5.56 Å². The highest BCUT2D eigenvalue weighted by atomic mass is 16.5. The highest BCUT2D eigenvalue weighted by molar-refractivity contribution is 5.77. The van der Waals surface area contributed by atoms with Gasteiger partial charge >= 0.3 is 0 Å². The van der Waals surface area contributed by atoms with Gasteiger partial charge in [0.2, 0.25) is 0 Å². The van der Waals surface area contributed by atoms with E-state index >= 15 is 0 Å². The largest absolute Gasteiger partial charge is 0.484 e. The van der Waals surface area contributed by atoms with Gasteiger partial charge in [-0.2, -0.15) is 0 Å². The van der Waals surface area contributed by atoms with E-state index in [1.807, 2.05) is 38.4 Å². The van der Waals surface area contributed by atoms with Crippen molar-refractivity contribution in [2.24, 2.45) is 5.73 Å². The Labute approximate surface area is 121 Å². The minimum atomic E-state index is -0.122. The van der Waals surface area contributed by atoms with Crippen molar-refractivity contribution in [3.05, 3.63) is 29.8 Å². The number of hydrogen-bond donors (Lipinski definition) is 2. The minimum Gasteiger partial charge on any atom is -0.484 e. The lowest BCUT2D eigenvalue weighted by molar-refractivity contribution is -0.123. The summed E-state index contributed by atoms with van der Waals surface area (Å²) in [5.41, 5.74) is 6.47. The SMILES string of the molecule is CN(C)C(C)(C)CNC(=O)COc1ccc(CN)cc1. The number of carbonyl (C=O) groups is 1. The van der Waals surface area contributed by atoms with Crippen molar-refractivity contribution in [1.29, 1.82) is 0 Å². The highest BCUT2D eigenvalue weighted by Gasteiger charge is 2.20. The molecular weight excluding hydrogens is 254 g/mol. The molecule has 0 unspecified atom stereocenters. The molecular formula is C15H25N3O2. The van der Waals surface area contributed by atoms with Crippen molar-refractivity contribution in [3.8, 4) is 5.75 Å². The third-order valence-electron chi connectivity index (χ3n) is 3.46. The van der Waals surface area contributed by atoms with Crippen LogP contribution >= 0.6 is 0 Å². The summed E-state index contributed by atoms with van der Waals surface area (Å²) in [6, 6.07) is 7.42. The zero-order valence-corrected chi connectivity index (χ0v) is 12.8. The van der Waals surface area contributed by atoms with Crippen molar-refractivity contribution in [3.63, 3.8) is 0 Å². The van der Waals surface area contributed by atoms with Crippen LogP contribution in [0.2, 0.25) is 0 Å². The van der Waals surface area contributed by atoms with Crippen LogP contribution in [0.5, 0.6) is 5.75 Å². The fourth-order valence-corrected chi connectivity index (χ4v) is 1.39. The summed E-state index contributed by atoms with van der Waals surface area (Å²) in [6.07, 6.45) is 0. The van der Waals surface area contributed by atoms with Crippen molar-refractivity contribution in [1.82, 2.24) is 10.2 Å². The molecule has 0 radical (unpaired) electrons. The second-order valence-electron chi connectivity index (χ2n) is 5.62. The van der Waals surface area contributed by atoms with Crippen LogP contribution in [-0.2, 0) is 11.3 Å². The quantitative estimate of drug-likeness (QED) is 0.781. The molecule has 0 heterocycles. The molecule has 0 saturated carbocycles. The summed E-state index contributed by atoms with van der Waals surface area (Å²) < 4.78 is 5.43. The van der Waals surface area contributed by atoms with Crippen molar-refractivity contribution in [2.45, 2.75) is 25.9 Å². The van der Waals surface area contributed by atoms with Crippen LogP contribution < -0.4 is 15.8 Å². The summed E-state index contributed by atoms with van der Waals surface area (Å²) >= 11 is 0. The highest BCUT2D eigenvalue weighted by Crippen LogP contribution is 2.11. The van der Waals surface area contributed by atoms with Gasteiger partial charge in [0.25, 0.3) is 5.91 Å². The van der Waals surface area contributed by atoms with E-state index in [9.17, 15) is 4.79 Å². The molecule has 1 aromatic carbocycles. The molecule has 0 aliphatic rings. The Morgan fingerprint density at radius 2 is 1.90 bits per heavy atom. The van der Waals surface area contributed by atoms with E-state index in [1.165, 1.54) is 0 Å². The molecule has 0 fully saturated rings. The van der Waals surface area contributed by atoms with Gasteiger partial charge in [-0.05, 0) is 45.6 Å². The zero-order valence-electron chi connectivity index (χ0n) is 12.8. The lowest BCUT2D eigenvalue weighted by atomic mass is 10.0. The summed E-state index contributed by atoms with van der Waals surface area (Å²) in [4.78, 5) is 13.8. The number of likely N-dealkylation sites (N-methyl/N-ethyl adjacent to an activating group) is 1. The third kappa shape index (κ3) is 5.19. The number of nitrogens with one attached hydrogen (secondary N) is 1. The van der Waals surface area contributed by atoms with Crippen LogP contribution in [0.25, 0.3) is 0 Å². The Hall–Kier alpha value is -1.59. The Morgan fingerprint density at radius 3 is 2.40 bits per heavy atom. The summed E-state index contributed by atoms with van der Waals surface area (Å²) in [5, 5.41) is 2.87. The van der Waals surface area contributed by atoms with Gasteiger partial charge < -0.3 is 20.7 Å². The molecule has 5 nitrogen and oxygen atoms in total. The molecule has 0 saturated heterocycles. The lowest BCUT2D eigenvalue weighted by Gasteiger charge is -2.32. The number of nitrogens with two attached hydrogens (primary N) is 1. The van der Waals surface area contributed by atoms with Gasteiger partial charge in [0.15, 0.2) is 6.61 Å². The maximum Gasteiger partial charge on any atom is 0.258 e. The molecule has 5 heteroatoms. The molecule has 0 aromatic heterocycles. The number of rotatable bonds is 7. The topological polar surface area (TPSA) is 67.6 Å². The van der Waals surface area contributed by atoms with Gasteiger partial charge in [0, 0.05) is 18.6 Å². The van der Waals surface area contributed by atoms with Crippen LogP contribution in [0.3, 0.4) is 0 Å². The van der Waals surface area contributed by atoms with Crippen LogP contribution in [0.4, 0.5) is 0 Å². The third-order valence-corrected chi connectivity index (χ3v) is 3.46. The van der Waals surface area contributed by atoms with E-state index in [4.69, 9.17) is 10.5 Å². The smallest absolute Gasteiger partial charge is 0.258 e. The Kier molecular flexibility index (Phi) is 5.98. The first kappa shape index (κ1) is 16.5. The lowest BCUT2D eigenvalue weighted by Crippen LogP contribution is -2.48. The van der Waals surface area contributed by atoms with Crippen molar-refractivity contribution in [2.75, 3.05) is 27.2 Å². The number of benzene rings is 1. The van der Waals surface area contributed by atoms with E-state index in [2.05, 4.69) is 24.1 Å². The summed E-state index contributed by atoms with van der Waals surface area (Å²) in [7, 11) is 3.98. The average molecular weight is 279 g/mol. The second-order valence-corrected chi connectivity index (χ2v) is 5.62. The van der Waals surface area contributed by atoms with Crippen LogP contribution in [0.1, 0.15) is 19.4 Å². The first-order chi connectivity index (χ1) is 9.35. The van der Waals surface area contributed by atoms with Crippen LogP contribution in [0.15, 0.2) is 24.3 Å². The van der Waals surface area contributed by atoms with Crippen LogP contribution in [0, 0.1) is 0 Å². The average Bonchev–Trinajstić information content (AvgIpc) is 2.43. The van der Waals surface area contributed by atoms with Crippen LogP contribution in [-0.4, -0.2) is 43.6 Å². The molecule has 1 amide bonds. The fraction of sp³-hybridized carbons (Fsp3) is 0.533. The molecule has 0 aliphatic carbocycles. The number of amides is 1. The standard InChI is InChI=1S/C15H25N3O2/c1-15(2,18(3)4)11-17-14(19)10-20-13-7-5-12(9-16)6-8-13/h5-8H,9-11,16H2,1-4H3,(H,17,19). The van der Waals surface area contributed by atoms with Gasteiger partial charge in [0.05, 0.1) is 0 Å². The van der Waals surface area contributed by atoms with Crippen molar-refractivity contribution >= 4 is 5.91 Å². The monoisotopic (exact) mass is 279 g/mol. The predicted octanol–water partition coefficient (Wildman–Crippen LogP) is 0.981. The number of carbonyl (C=O) groups excluding carboxylic acids is 1. The normalized spacial score (nSPS) is 11.5. The second kappa shape index (κ2) is 7.26. The first-order valence-corrected chi connectivity index (χ1v) is 6.71. The maximum atomic E-state index is 11.7. The number of hydrogen-bond acceptors (Lipinski definition) is 4. The Bertz CT molecular complexity index is 427. The van der Waals surface area contributed by atoms with Gasteiger partial charge in [-0.25, -0.2) is 0 Å². The summed E-state index contributed by atoms with van der Waals surface area (Å²) in [5.74, 6) is 0.548. The van der Waals surface area contributed by atoms with Gasteiger partial charge in [-0.3, -0.25) is 4.79 Å². The van der Waals surface area contributed by atoms with E-state index < -0.39 is 0 Å². The molecule has 112 valence electrons.